The number of hydrogen-bond acceptors (Lipinski definition) is 4. The second-order valence-corrected chi connectivity index (χ2v) is 6.20. The van der Waals surface area contributed by atoms with Gasteiger partial charge in [-0.25, -0.2) is 0 Å². The molecule has 0 atom stereocenters. The van der Waals surface area contributed by atoms with Crippen LogP contribution in [0.1, 0.15) is 11.1 Å². The summed E-state index contributed by atoms with van der Waals surface area (Å²) >= 11 is 0. The van der Waals surface area contributed by atoms with Crippen molar-refractivity contribution in [1.29, 1.82) is 0 Å². The quantitative estimate of drug-likeness (QED) is 0.855. The Kier molecular flexibility index (Phi) is 4.23. The maximum Gasteiger partial charge on any atom is 0.270 e. The van der Waals surface area contributed by atoms with Gasteiger partial charge in [-0.1, -0.05) is 60.7 Å². The molecule has 0 aliphatic rings. The molecule has 0 amide bonds. The third kappa shape index (κ3) is 3.07. The van der Waals surface area contributed by atoms with E-state index in [-0.39, 0.29) is 0 Å². The van der Waals surface area contributed by atoms with Crippen molar-refractivity contribution in [2.75, 3.05) is 12.9 Å². The fraction of sp³-hybridized carbons (Fsp3) is 0.200. The van der Waals surface area contributed by atoms with Crippen LogP contribution in [0.2, 0.25) is 0 Å². The third-order valence-electron chi connectivity index (χ3n) is 3.14. The van der Waals surface area contributed by atoms with Crippen LogP contribution in [0.25, 0.3) is 0 Å². The molecule has 0 aromatic heterocycles. The number of aliphatic hydroxyl groups is 1. The van der Waals surface area contributed by atoms with Crippen LogP contribution in [-0.4, -0.2) is 26.4 Å². The molecule has 0 fully saturated rings. The van der Waals surface area contributed by atoms with Crippen molar-refractivity contribution >= 4 is 10.1 Å². The SMILES string of the molecule is COS(=O)(=O)CC(O)(c1ccccc1)c1ccccc1. The maximum absolute atomic E-state index is 11.8. The zero-order chi connectivity index (χ0) is 14.6. The molecule has 2 aromatic carbocycles. The van der Waals surface area contributed by atoms with Crippen LogP contribution in [-0.2, 0) is 19.9 Å². The minimum Gasteiger partial charge on any atom is -0.379 e. The molecular formula is C15H16O4S. The summed E-state index contributed by atoms with van der Waals surface area (Å²) in [6, 6.07) is 17.4. The topological polar surface area (TPSA) is 63.6 Å². The Bertz CT molecular complexity index is 611. The van der Waals surface area contributed by atoms with Gasteiger partial charge in [-0.15, -0.1) is 0 Å². The molecule has 106 valence electrons. The highest BCUT2D eigenvalue weighted by Gasteiger charge is 2.36. The van der Waals surface area contributed by atoms with E-state index >= 15 is 0 Å². The molecule has 4 nitrogen and oxygen atoms in total. The van der Waals surface area contributed by atoms with Gasteiger partial charge >= 0.3 is 0 Å². The molecule has 0 spiro atoms. The fourth-order valence-electron chi connectivity index (χ4n) is 2.08. The lowest BCUT2D eigenvalue weighted by atomic mass is 9.88. The summed E-state index contributed by atoms with van der Waals surface area (Å²) in [5, 5.41) is 11.0. The predicted molar refractivity (Wildman–Crippen MR) is 76.7 cm³/mol. The van der Waals surface area contributed by atoms with E-state index in [2.05, 4.69) is 4.18 Å². The van der Waals surface area contributed by atoms with E-state index < -0.39 is 21.5 Å². The largest absolute Gasteiger partial charge is 0.379 e. The first-order chi connectivity index (χ1) is 9.48. The van der Waals surface area contributed by atoms with E-state index in [0.717, 1.165) is 7.11 Å². The van der Waals surface area contributed by atoms with Crippen LogP contribution in [0, 0.1) is 0 Å². The van der Waals surface area contributed by atoms with Gasteiger partial charge in [0.15, 0.2) is 0 Å². The first-order valence-electron chi connectivity index (χ1n) is 6.10. The molecule has 0 heterocycles. The molecule has 0 aliphatic carbocycles. The van der Waals surface area contributed by atoms with Crippen molar-refractivity contribution in [3.63, 3.8) is 0 Å². The Morgan fingerprint density at radius 3 is 1.70 bits per heavy atom. The standard InChI is InChI=1S/C15H16O4S/c1-19-20(17,18)12-15(16,13-8-4-2-5-9-13)14-10-6-3-7-11-14/h2-11,16H,12H2,1H3. The number of rotatable bonds is 5. The smallest absolute Gasteiger partial charge is 0.270 e. The molecule has 20 heavy (non-hydrogen) atoms. The van der Waals surface area contributed by atoms with Crippen LogP contribution >= 0.6 is 0 Å². The number of benzene rings is 2. The molecule has 0 saturated heterocycles. The van der Waals surface area contributed by atoms with E-state index in [1.54, 1.807) is 60.7 Å². The second-order valence-electron chi connectivity index (χ2n) is 4.46. The molecule has 0 bridgehead atoms. The first-order valence-corrected chi connectivity index (χ1v) is 7.67. The molecular weight excluding hydrogens is 276 g/mol. The van der Waals surface area contributed by atoms with Crippen LogP contribution in [0.4, 0.5) is 0 Å². The van der Waals surface area contributed by atoms with Gasteiger partial charge in [-0.3, -0.25) is 4.18 Å². The van der Waals surface area contributed by atoms with Gasteiger partial charge < -0.3 is 5.11 Å². The van der Waals surface area contributed by atoms with Gasteiger partial charge in [-0.2, -0.15) is 8.42 Å². The highest BCUT2D eigenvalue weighted by Crippen LogP contribution is 2.31. The van der Waals surface area contributed by atoms with Crippen LogP contribution in [0.3, 0.4) is 0 Å². The van der Waals surface area contributed by atoms with Crippen LogP contribution in [0.5, 0.6) is 0 Å². The van der Waals surface area contributed by atoms with Gasteiger partial charge in [-0.05, 0) is 11.1 Å². The van der Waals surface area contributed by atoms with Crippen molar-refractivity contribution < 1.29 is 17.7 Å². The summed E-state index contributed by atoms with van der Waals surface area (Å²) in [7, 11) is -2.73. The van der Waals surface area contributed by atoms with Gasteiger partial charge in [0.05, 0.1) is 7.11 Å². The van der Waals surface area contributed by atoms with Crippen LogP contribution in [0.15, 0.2) is 60.7 Å². The van der Waals surface area contributed by atoms with E-state index in [1.807, 2.05) is 0 Å². The summed E-state index contributed by atoms with van der Waals surface area (Å²) in [6.45, 7) is 0. The molecule has 0 saturated carbocycles. The Morgan fingerprint density at radius 1 is 0.950 bits per heavy atom. The summed E-state index contributed by atoms with van der Waals surface area (Å²) in [5.74, 6) is -0.537. The zero-order valence-corrected chi connectivity index (χ0v) is 11.9. The van der Waals surface area contributed by atoms with E-state index in [9.17, 15) is 13.5 Å². The molecule has 2 rings (SSSR count). The number of hydrogen-bond donors (Lipinski definition) is 1. The minimum absolute atomic E-state index is 0.506. The lowest BCUT2D eigenvalue weighted by molar-refractivity contribution is 0.103. The Morgan fingerprint density at radius 2 is 1.35 bits per heavy atom. The summed E-state index contributed by atoms with van der Waals surface area (Å²) in [4.78, 5) is 0. The Hall–Kier alpha value is -1.69. The molecule has 5 heteroatoms. The maximum atomic E-state index is 11.8. The highest BCUT2D eigenvalue weighted by molar-refractivity contribution is 7.86. The van der Waals surface area contributed by atoms with Crippen molar-refractivity contribution in [3.8, 4) is 0 Å². The summed E-state index contributed by atoms with van der Waals surface area (Å²) in [6.07, 6.45) is 0. The monoisotopic (exact) mass is 292 g/mol. The summed E-state index contributed by atoms with van der Waals surface area (Å²) < 4.78 is 28.0. The summed E-state index contributed by atoms with van der Waals surface area (Å²) in [5.41, 5.74) is -0.629. The highest BCUT2D eigenvalue weighted by atomic mass is 32.2. The van der Waals surface area contributed by atoms with Gasteiger partial charge in [0.2, 0.25) is 0 Å². The van der Waals surface area contributed by atoms with Gasteiger partial charge in [0.25, 0.3) is 10.1 Å². The Balaban J connectivity index is 2.55. The van der Waals surface area contributed by atoms with E-state index in [0.29, 0.717) is 11.1 Å². The van der Waals surface area contributed by atoms with E-state index in [1.165, 1.54) is 0 Å². The second kappa shape index (κ2) is 5.75. The zero-order valence-electron chi connectivity index (χ0n) is 11.1. The molecule has 1 N–H and O–H groups in total. The molecule has 0 aliphatic heterocycles. The molecule has 2 aromatic rings. The lowest BCUT2D eigenvalue weighted by Crippen LogP contribution is -2.36. The lowest BCUT2D eigenvalue weighted by Gasteiger charge is -2.28. The molecule has 0 unspecified atom stereocenters. The average molecular weight is 292 g/mol. The Labute approximate surface area is 118 Å². The van der Waals surface area contributed by atoms with Gasteiger partial charge in [0, 0.05) is 0 Å². The fourth-order valence-corrected chi connectivity index (χ4v) is 3.04. The predicted octanol–water partition coefficient (Wildman–Crippen LogP) is 1.90. The molecule has 0 radical (unpaired) electrons. The van der Waals surface area contributed by atoms with Crippen molar-refractivity contribution in [2.45, 2.75) is 5.60 Å². The normalized spacial score (nSPS) is 12.3. The van der Waals surface area contributed by atoms with Crippen molar-refractivity contribution in [1.82, 2.24) is 0 Å². The van der Waals surface area contributed by atoms with Gasteiger partial charge in [0.1, 0.15) is 11.4 Å². The average Bonchev–Trinajstić information content (AvgIpc) is 2.48. The van der Waals surface area contributed by atoms with Crippen molar-refractivity contribution in [2.24, 2.45) is 0 Å². The first kappa shape index (κ1) is 14.7. The van der Waals surface area contributed by atoms with Crippen LogP contribution < -0.4 is 0 Å². The minimum atomic E-state index is -3.82. The third-order valence-corrected chi connectivity index (χ3v) is 4.42. The van der Waals surface area contributed by atoms with Crippen molar-refractivity contribution in [3.05, 3.63) is 71.8 Å². The van der Waals surface area contributed by atoms with E-state index in [4.69, 9.17) is 0 Å².